The van der Waals surface area contributed by atoms with Crippen molar-refractivity contribution in [1.82, 2.24) is 9.97 Å². The van der Waals surface area contributed by atoms with Crippen LogP contribution in [0.5, 0.6) is 0 Å². The van der Waals surface area contributed by atoms with Crippen LogP contribution in [0, 0.1) is 0 Å². The molecule has 19 heavy (non-hydrogen) atoms. The summed E-state index contributed by atoms with van der Waals surface area (Å²) in [4.78, 5) is 23.8. The molecule has 0 unspecified atom stereocenters. The highest BCUT2D eigenvalue weighted by molar-refractivity contribution is 7.18. The molecule has 0 aromatic carbocycles. The highest BCUT2D eigenvalue weighted by atomic mass is 32.1. The van der Waals surface area contributed by atoms with Crippen LogP contribution in [0.4, 0.5) is 5.82 Å². The molecule has 0 aliphatic carbocycles. The molecule has 2 aromatic heterocycles. The van der Waals surface area contributed by atoms with E-state index < -0.39 is 12.0 Å². The molecule has 1 fully saturated rings. The van der Waals surface area contributed by atoms with Crippen LogP contribution in [0.2, 0.25) is 0 Å². The summed E-state index contributed by atoms with van der Waals surface area (Å²) >= 11 is 1.64. The monoisotopic (exact) mass is 276 g/mol. The van der Waals surface area contributed by atoms with Crippen LogP contribution >= 0.6 is 11.3 Å². The van der Waals surface area contributed by atoms with Gasteiger partial charge in [-0.1, -0.05) is 6.92 Å². The predicted octanol–water partition coefficient (Wildman–Crippen LogP) is 0.972. The van der Waals surface area contributed by atoms with E-state index in [1.54, 1.807) is 11.3 Å². The van der Waals surface area contributed by atoms with E-state index in [1.807, 2.05) is 4.90 Å². The number of nitrogens with zero attached hydrogens (tertiary/aromatic N) is 3. The first-order valence-electron chi connectivity index (χ1n) is 6.41. The first-order valence-corrected chi connectivity index (χ1v) is 7.23. The van der Waals surface area contributed by atoms with E-state index in [4.69, 9.17) is 0 Å². The Bertz CT molecular complexity index is 625. The number of carboxylic acid groups (broad SMARTS) is 1. The summed E-state index contributed by atoms with van der Waals surface area (Å²) in [6.07, 6.45) is 3.94. The Kier molecular flexibility index (Phi) is 3.10. The Balaban J connectivity index is 2.09. The molecular formula is C13H14N3O2S-. The van der Waals surface area contributed by atoms with Gasteiger partial charge in [0.1, 0.15) is 17.0 Å². The number of fused-ring (bicyclic) bond motifs is 1. The Morgan fingerprint density at radius 3 is 3.16 bits per heavy atom. The lowest BCUT2D eigenvalue weighted by Gasteiger charge is -2.26. The number of hydrogen-bond donors (Lipinski definition) is 0. The van der Waals surface area contributed by atoms with Gasteiger partial charge in [0, 0.05) is 11.4 Å². The van der Waals surface area contributed by atoms with E-state index in [9.17, 15) is 9.90 Å². The number of carboxylic acids is 1. The molecule has 0 spiro atoms. The van der Waals surface area contributed by atoms with Crippen molar-refractivity contribution in [2.24, 2.45) is 0 Å². The molecule has 6 heteroatoms. The lowest BCUT2D eigenvalue weighted by molar-refractivity contribution is -0.307. The molecule has 0 amide bonds. The zero-order valence-corrected chi connectivity index (χ0v) is 11.4. The summed E-state index contributed by atoms with van der Waals surface area (Å²) in [5, 5.41) is 12.1. The SMILES string of the molecule is CCc1cc2c(N3CCC[C@@H]3C(=O)[O-])ncnc2s1. The topological polar surface area (TPSA) is 69.2 Å². The molecule has 0 saturated carbocycles. The van der Waals surface area contributed by atoms with Crippen LogP contribution in [-0.4, -0.2) is 28.5 Å². The second kappa shape index (κ2) is 4.77. The van der Waals surface area contributed by atoms with Gasteiger partial charge in [-0.3, -0.25) is 0 Å². The molecule has 100 valence electrons. The molecule has 1 aliphatic rings. The fraction of sp³-hybridized carbons (Fsp3) is 0.462. The van der Waals surface area contributed by atoms with Crippen LogP contribution < -0.4 is 10.0 Å². The fourth-order valence-corrected chi connectivity index (χ4v) is 3.49. The second-order valence-corrected chi connectivity index (χ2v) is 5.77. The third kappa shape index (κ3) is 2.06. The smallest absolute Gasteiger partial charge is 0.141 e. The van der Waals surface area contributed by atoms with Crippen molar-refractivity contribution < 1.29 is 9.90 Å². The second-order valence-electron chi connectivity index (χ2n) is 4.65. The van der Waals surface area contributed by atoms with Crippen LogP contribution in [-0.2, 0) is 11.2 Å². The number of rotatable bonds is 3. The third-order valence-electron chi connectivity index (χ3n) is 3.50. The van der Waals surface area contributed by atoms with Gasteiger partial charge in [-0.2, -0.15) is 0 Å². The Morgan fingerprint density at radius 2 is 2.42 bits per heavy atom. The number of carbonyl (C=O) groups excluding carboxylic acids is 1. The molecule has 5 nitrogen and oxygen atoms in total. The van der Waals surface area contributed by atoms with Gasteiger partial charge in [0.25, 0.3) is 0 Å². The summed E-state index contributed by atoms with van der Waals surface area (Å²) in [6, 6.07) is 1.50. The number of carbonyl (C=O) groups is 1. The molecule has 3 rings (SSSR count). The maximum absolute atomic E-state index is 11.2. The van der Waals surface area contributed by atoms with Crippen molar-refractivity contribution in [3.63, 3.8) is 0 Å². The van der Waals surface area contributed by atoms with Gasteiger partial charge in [0.15, 0.2) is 0 Å². The van der Waals surface area contributed by atoms with Crippen LogP contribution in [0.3, 0.4) is 0 Å². The average Bonchev–Trinajstić information content (AvgIpc) is 3.04. The van der Waals surface area contributed by atoms with E-state index in [0.29, 0.717) is 13.0 Å². The number of anilines is 1. The van der Waals surface area contributed by atoms with E-state index >= 15 is 0 Å². The van der Waals surface area contributed by atoms with Crippen molar-refractivity contribution >= 4 is 33.3 Å². The minimum atomic E-state index is -1.02. The summed E-state index contributed by atoms with van der Waals surface area (Å²) in [5.74, 6) is -0.289. The van der Waals surface area contributed by atoms with Crippen LogP contribution in [0.25, 0.3) is 10.2 Å². The summed E-state index contributed by atoms with van der Waals surface area (Å²) in [7, 11) is 0. The minimum Gasteiger partial charge on any atom is -0.548 e. The zero-order chi connectivity index (χ0) is 13.4. The first-order chi connectivity index (χ1) is 9.20. The quantitative estimate of drug-likeness (QED) is 0.835. The molecular weight excluding hydrogens is 262 g/mol. The Morgan fingerprint density at radius 1 is 1.58 bits per heavy atom. The minimum absolute atomic E-state index is 0.567. The first kappa shape index (κ1) is 12.3. The Labute approximate surface area is 114 Å². The largest absolute Gasteiger partial charge is 0.548 e. The van der Waals surface area contributed by atoms with Crippen molar-refractivity contribution in [3.8, 4) is 0 Å². The van der Waals surface area contributed by atoms with Crippen LogP contribution in [0.1, 0.15) is 24.6 Å². The molecule has 3 heterocycles. The molecule has 1 saturated heterocycles. The Hall–Kier alpha value is -1.69. The van der Waals surface area contributed by atoms with Gasteiger partial charge < -0.3 is 14.8 Å². The lowest BCUT2D eigenvalue weighted by Crippen LogP contribution is -2.44. The molecule has 2 aromatic rings. The predicted molar refractivity (Wildman–Crippen MR) is 72.2 cm³/mol. The van der Waals surface area contributed by atoms with Gasteiger partial charge in [-0.15, -0.1) is 11.3 Å². The number of hydrogen-bond acceptors (Lipinski definition) is 6. The van der Waals surface area contributed by atoms with Crippen molar-refractivity contribution in [2.75, 3.05) is 11.4 Å². The number of aromatic nitrogens is 2. The number of thiophene rings is 1. The van der Waals surface area contributed by atoms with Crippen molar-refractivity contribution in [1.29, 1.82) is 0 Å². The zero-order valence-electron chi connectivity index (χ0n) is 10.6. The maximum Gasteiger partial charge on any atom is 0.141 e. The molecule has 0 radical (unpaired) electrons. The summed E-state index contributed by atoms with van der Waals surface area (Å²) < 4.78 is 0. The summed E-state index contributed by atoms with van der Waals surface area (Å²) in [6.45, 7) is 2.81. The van der Waals surface area contributed by atoms with Crippen molar-refractivity contribution in [3.05, 3.63) is 17.3 Å². The molecule has 0 bridgehead atoms. The normalized spacial score (nSPS) is 19.2. The number of aliphatic carboxylic acids is 1. The standard InChI is InChI=1S/C13H15N3O2S/c1-2-8-6-9-11(14-7-15-12(9)19-8)16-5-3-4-10(16)13(17)18/h6-7,10H,2-5H2,1H3,(H,17,18)/p-1/t10-/m1/s1. The maximum atomic E-state index is 11.2. The fourth-order valence-electron chi connectivity index (χ4n) is 2.56. The lowest BCUT2D eigenvalue weighted by atomic mass is 10.2. The summed E-state index contributed by atoms with van der Waals surface area (Å²) in [5.41, 5.74) is 0. The van der Waals surface area contributed by atoms with E-state index in [2.05, 4.69) is 23.0 Å². The van der Waals surface area contributed by atoms with E-state index in [-0.39, 0.29) is 0 Å². The molecule has 1 atom stereocenters. The van der Waals surface area contributed by atoms with Gasteiger partial charge in [-0.05, 0) is 25.3 Å². The van der Waals surface area contributed by atoms with Crippen LogP contribution in [0.15, 0.2) is 12.4 Å². The van der Waals surface area contributed by atoms with Gasteiger partial charge >= 0.3 is 0 Å². The molecule has 1 aliphatic heterocycles. The average molecular weight is 276 g/mol. The third-order valence-corrected chi connectivity index (χ3v) is 4.69. The van der Waals surface area contributed by atoms with E-state index in [1.165, 1.54) is 11.2 Å². The molecule has 0 N–H and O–H groups in total. The van der Waals surface area contributed by atoms with E-state index in [0.717, 1.165) is 28.9 Å². The number of aryl methyl sites for hydroxylation is 1. The van der Waals surface area contributed by atoms with Gasteiger partial charge in [0.2, 0.25) is 0 Å². The highest BCUT2D eigenvalue weighted by Gasteiger charge is 2.28. The van der Waals surface area contributed by atoms with Gasteiger partial charge in [-0.25, -0.2) is 9.97 Å². The van der Waals surface area contributed by atoms with Gasteiger partial charge in [0.05, 0.1) is 17.4 Å². The van der Waals surface area contributed by atoms with Crippen molar-refractivity contribution in [2.45, 2.75) is 32.2 Å². The highest BCUT2D eigenvalue weighted by Crippen LogP contribution is 2.33.